The Kier molecular flexibility index (Phi) is 12.6. The maximum Gasteiger partial charge on any atom is 0.394 e. The number of hydrazone groups is 2. The molecule has 3 aromatic carbocycles. The summed E-state index contributed by atoms with van der Waals surface area (Å²) in [6, 6.07) is 26.7. The Balaban J connectivity index is 0.000000877. The molecule has 3 rings (SSSR count). The van der Waals surface area contributed by atoms with Gasteiger partial charge in [-0.25, -0.2) is 5.43 Å². The predicted molar refractivity (Wildman–Crippen MR) is 155 cm³/mol. The first kappa shape index (κ1) is 29.8. The zero-order valence-electron chi connectivity index (χ0n) is 19.1. The van der Waals surface area contributed by atoms with Gasteiger partial charge in [-0.3, -0.25) is 19.3 Å². The van der Waals surface area contributed by atoms with E-state index in [0.717, 1.165) is 25.8 Å². The molecule has 4 N–H and O–H groups in total. The van der Waals surface area contributed by atoms with E-state index in [4.69, 9.17) is 17.5 Å². The Bertz CT molecular complexity index is 1370. The highest BCUT2D eigenvalue weighted by Crippen LogP contribution is 2.13. The lowest BCUT2D eigenvalue weighted by Crippen LogP contribution is -2.17. The highest BCUT2D eigenvalue weighted by molar-refractivity contribution is 9.12. The van der Waals surface area contributed by atoms with Crippen LogP contribution in [0.3, 0.4) is 0 Å². The van der Waals surface area contributed by atoms with Gasteiger partial charge in [0.15, 0.2) is 0 Å². The summed E-state index contributed by atoms with van der Waals surface area (Å²) in [5, 5.41) is 8.17. The Hall–Kier alpha value is -3.42. The molecule has 0 radical (unpaired) electrons. The molecule has 0 aliphatic heterocycles. The van der Waals surface area contributed by atoms with E-state index < -0.39 is 10.4 Å². The topological polar surface area (TPSA) is 140 Å². The third-order valence-corrected chi connectivity index (χ3v) is 4.96. The monoisotopic (exact) mass is 648 g/mol. The van der Waals surface area contributed by atoms with Gasteiger partial charge in [0, 0.05) is 14.5 Å². The van der Waals surface area contributed by atoms with Crippen LogP contribution in [0.5, 0.6) is 0 Å². The van der Waals surface area contributed by atoms with Gasteiger partial charge in [0.2, 0.25) is 0 Å². The van der Waals surface area contributed by atoms with Gasteiger partial charge in [-0.15, -0.1) is 0 Å². The van der Waals surface area contributed by atoms with Crippen molar-refractivity contribution in [3.63, 3.8) is 0 Å². The number of nitrogens with zero attached hydrogens (tertiary/aromatic N) is 2. The Morgan fingerprint density at radius 3 is 1.62 bits per heavy atom. The number of carbonyl (C=O) groups is 1. The molecule has 0 bridgehead atoms. The molecule has 0 spiro atoms. The van der Waals surface area contributed by atoms with Crippen LogP contribution in [0.25, 0.3) is 12.2 Å². The van der Waals surface area contributed by atoms with Gasteiger partial charge in [-0.2, -0.15) is 18.6 Å². The second-order valence-corrected chi connectivity index (χ2v) is 9.70. The SMILES string of the molecule is O=C(NN=CC(Br)=Cc1ccccc1)c1ccc(N/N=C/C(Br)=Cc2ccccc2)cc1.O=S(=O)(O)O. The molecular formula is C25H22Br2N4O5S. The summed E-state index contributed by atoms with van der Waals surface area (Å²) in [5.74, 6) is -0.301. The minimum Gasteiger partial charge on any atom is -0.278 e. The van der Waals surface area contributed by atoms with Crippen molar-refractivity contribution in [1.29, 1.82) is 0 Å². The predicted octanol–water partition coefficient (Wildman–Crippen LogP) is 6.02. The van der Waals surface area contributed by atoms with Crippen LogP contribution >= 0.6 is 31.9 Å². The third-order valence-electron chi connectivity index (χ3n) is 4.09. The standard InChI is InChI=1S/C25H20Br2N4O.H2O4S/c26-22(15-19-7-3-1-4-8-19)17-28-30-24-13-11-21(12-14-24)25(32)31-29-18-23(27)16-20-9-5-2-6-10-20;1-5(2,3)4/h1-18,30H,(H,31,32);(H2,1,2,3,4)/b22-15?,23-16?,28-17+,29-18?;. The van der Waals surface area contributed by atoms with Crippen molar-refractivity contribution in [2.24, 2.45) is 10.2 Å². The van der Waals surface area contributed by atoms with Gasteiger partial charge >= 0.3 is 10.4 Å². The van der Waals surface area contributed by atoms with E-state index in [0.29, 0.717) is 5.56 Å². The van der Waals surface area contributed by atoms with Crippen LogP contribution in [0.15, 0.2) is 104 Å². The highest BCUT2D eigenvalue weighted by Gasteiger charge is 2.03. The van der Waals surface area contributed by atoms with Crippen molar-refractivity contribution in [3.05, 3.63) is 111 Å². The number of nitrogens with one attached hydrogen (secondary N) is 2. The van der Waals surface area contributed by atoms with Gasteiger partial charge in [0.1, 0.15) is 0 Å². The first-order valence-electron chi connectivity index (χ1n) is 10.4. The van der Waals surface area contributed by atoms with Crippen LogP contribution in [-0.2, 0) is 10.4 Å². The van der Waals surface area contributed by atoms with E-state index in [-0.39, 0.29) is 5.91 Å². The molecule has 37 heavy (non-hydrogen) atoms. The van der Waals surface area contributed by atoms with E-state index in [1.165, 1.54) is 6.21 Å². The highest BCUT2D eigenvalue weighted by atomic mass is 79.9. The molecule has 0 aromatic heterocycles. The summed E-state index contributed by atoms with van der Waals surface area (Å²) < 4.78 is 33.2. The Morgan fingerprint density at radius 2 is 1.16 bits per heavy atom. The van der Waals surface area contributed by atoms with Crippen LogP contribution < -0.4 is 10.9 Å². The first-order valence-corrected chi connectivity index (χ1v) is 13.4. The van der Waals surface area contributed by atoms with Crippen molar-refractivity contribution in [3.8, 4) is 0 Å². The number of hydrogen-bond acceptors (Lipinski definition) is 6. The fourth-order valence-corrected chi connectivity index (χ4v) is 3.31. The first-order chi connectivity index (χ1) is 17.6. The zero-order chi connectivity index (χ0) is 27.1. The Morgan fingerprint density at radius 1 is 0.730 bits per heavy atom. The molecule has 0 unspecified atom stereocenters. The lowest BCUT2D eigenvalue weighted by Gasteiger charge is -2.03. The van der Waals surface area contributed by atoms with Gasteiger partial charge in [0.25, 0.3) is 5.91 Å². The molecule has 0 aliphatic carbocycles. The summed E-state index contributed by atoms with van der Waals surface area (Å²) in [6.45, 7) is 0. The maximum absolute atomic E-state index is 12.2. The second-order valence-electron chi connectivity index (χ2n) is 6.97. The van der Waals surface area contributed by atoms with Crippen molar-refractivity contribution in [2.45, 2.75) is 0 Å². The summed E-state index contributed by atoms with van der Waals surface area (Å²) in [6.07, 6.45) is 7.08. The number of halogens is 2. The molecule has 0 saturated heterocycles. The molecule has 192 valence electrons. The third kappa shape index (κ3) is 14.0. The zero-order valence-corrected chi connectivity index (χ0v) is 23.1. The molecule has 12 heteroatoms. The molecule has 0 saturated carbocycles. The van der Waals surface area contributed by atoms with Crippen molar-refractivity contribution in [1.82, 2.24) is 5.43 Å². The number of rotatable bonds is 8. The van der Waals surface area contributed by atoms with E-state index in [1.54, 1.807) is 30.5 Å². The van der Waals surface area contributed by atoms with E-state index in [9.17, 15) is 4.79 Å². The van der Waals surface area contributed by atoms with Gasteiger partial charge in [0.05, 0.1) is 18.1 Å². The van der Waals surface area contributed by atoms with Crippen LogP contribution in [-0.4, -0.2) is 35.9 Å². The normalized spacial score (nSPS) is 12.2. The number of amides is 1. The summed E-state index contributed by atoms with van der Waals surface area (Å²) in [4.78, 5) is 12.2. The summed E-state index contributed by atoms with van der Waals surface area (Å²) in [5.41, 5.74) is 8.80. The van der Waals surface area contributed by atoms with Crippen molar-refractivity contribution in [2.75, 3.05) is 5.43 Å². The van der Waals surface area contributed by atoms with E-state index in [2.05, 4.69) is 52.9 Å². The lowest BCUT2D eigenvalue weighted by atomic mass is 10.2. The lowest BCUT2D eigenvalue weighted by molar-refractivity contribution is 0.0955. The molecular weight excluding hydrogens is 628 g/mol. The van der Waals surface area contributed by atoms with Gasteiger partial charge in [-0.1, -0.05) is 60.7 Å². The van der Waals surface area contributed by atoms with E-state index in [1.807, 2.05) is 72.8 Å². The quantitative estimate of drug-likeness (QED) is 0.134. The summed E-state index contributed by atoms with van der Waals surface area (Å²) >= 11 is 6.88. The number of anilines is 1. The van der Waals surface area contributed by atoms with Crippen LogP contribution in [0.4, 0.5) is 5.69 Å². The second kappa shape index (κ2) is 15.6. The molecule has 0 atom stereocenters. The largest absolute Gasteiger partial charge is 0.394 e. The fourth-order valence-electron chi connectivity index (χ4n) is 2.57. The molecule has 0 aliphatic rings. The van der Waals surface area contributed by atoms with Crippen molar-refractivity contribution >= 4 is 78.4 Å². The molecule has 0 heterocycles. The minimum atomic E-state index is -4.67. The fraction of sp³-hybridized carbons (Fsp3) is 0. The maximum atomic E-state index is 12.2. The molecule has 9 nitrogen and oxygen atoms in total. The average Bonchev–Trinajstić information content (AvgIpc) is 2.84. The van der Waals surface area contributed by atoms with Crippen LogP contribution in [0.2, 0.25) is 0 Å². The van der Waals surface area contributed by atoms with Gasteiger partial charge < -0.3 is 0 Å². The average molecular weight is 650 g/mol. The molecule has 1 amide bonds. The van der Waals surface area contributed by atoms with Crippen LogP contribution in [0.1, 0.15) is 21.5 Å². The minimum absolute atomic E-state index is 0.301. The van der Waals surface area contributed by atoms with Crippen LogP contribution in [0, 0.1) is 0 Å². The molecule has 3 aromatic rings. The van der Waals surface area contributed by atoms with Crippen molar-refractivity contribution < 1.29 is 22.3 Å². The smallest absolute Gasteiger partial charge is 0.278 e. The molecule has 0 fully saturated rings. The number of benzene rings is 3. The van der Waals surface area contributed by atoms with Gasteiger partial charge in [-0.05, 0) is 79.4 Å². The number of carbonyl (C=O) groups excluding carboxylic acids is 1. The number of allylic oxidation sites excluding steroid dienone is 2. The number of hydrogen-bond donors (Lipinski definition) is 4. The summed E-state index contributed by atoms with van der Waals surface area (Å²) in [7, 11) is -4.67. The van der Waals surface area contributed by atoms with E-state index >= 15 is 0 Å². The Labute approximate surface area is 231 Å².